The number of carbonyl (C=O) groups excluding carboxylic acids is 1. The Kier molecular flexibility index (Phi) is 6.12. The van der Waals surface area contributed by atoms with Crippen molar-refractivity contribution in [3.63, 3.8) is 0 Å². The normalized spacial score (nSPS) is 15.1. The van der Waals surface area contributed by atoms with Gasteiger partial charge in [0.1, 0.15) is 24.3 Å². The molecule has 1 aliphatic rings. The summed E-state index contributed by atoms with van der Waals surface area (Å²) in [6.07, 6.45) is 4.65. The van der Waals surface area contributed by atoms with E-state index in [1.54, 1.807) is 28.5 Å². The monoisotopic (exact) mass is 443 g/mol. The van der Waals surface area contributed by atoms with E-state index in [0.717, 1.165) is 23.5 Å². The first-order chi connectivity index (χ1) is 14.9. The number of pyridine rings is 1. The van der Waals surface area contributed by atoms with Crippen LogP contribution in [0.25, 0.3) is 5.82 Å². The fraction of sp³-hybridized carbons (Fsp3) is 0.500. The molecule has 0 aromatic carbocycles. The number of amides is 1. The second-order valence-corrected chi connectivity index (χ2v) is 9.20. The molecule has 0 atom stereocenters. The first kappa shape index (κ1) is 21.2. The highest BCUT2D eigenvalue weighted by Crippen LogP contribution is 2.31. The van der Waals surface area contributed by atoms with E-state index in [-0.39, 0.29) is 6.09 Å². The third kappa shape index (κ3) is 5.54. The summed E-state index contributed by atoms with van der Waals surface area (Å²) < 4.78 is 12.8. The molecule has 4 rings (SSSR count). The average molecular weight is 444 g/mol. The highest BCUT2D eigenvalue weighted by molar-refractivity contribution is 7.09. The van der Waals surface area contributed by atoms with Gasteiger partial charge < -0.3 is 14.4 Å². The summed E-state index contributed by atoms with van der Waals surface area (Å²) in [7, 11) is 0. The van der Waals surface area contributed by atoms with Gasteiger partial charge in [-0.25, -0.2) is 14.8 Å². The summed E-state index contributed by atoms with van der Waals surface area (Å²) >= 11 is 1.64. The van der Waals surface area contributed by atoms with E-state index in [1.807, 2.05) is 32.2 Å². The summed E-state index contributed by atoms with van der Waals surface area (Å²) in [6.45, 7) is 7.40. The average Bonchev–Trinajstić information content (AvgIpc) is 3.44. The molecule has 1 amide bonds. The minimum Gasteiger partial charge on any atom is -0.486 e. The van der Waals surface area contributed by atoms with Crippen LogP contribution in [0.15, 0.2) is 30.0 Å². The summed E-state index contributed by atoms with van der Waals surface area (Å²) in [5, 5.41) is 14.1. The Balaban J connectivity index is 1.27. The van der Waals surface area contributed by atoms with Gasteiger partial charge in [-0.15, -0.1) is 16.4 Å². The number of rotatable bonds is 5. The van der Waals surface area contributed by atoms with Crippen LogP contribution in [-0.4, -0.2) is 59.9 Å². The zero-order valence-electron chi connectivity index (χ0n) is 17.8. The maximum Gasteiger partial charge on any atom is 0.410 e. The summed E-state index contributed by atoms with van der Waals surface area (Å²) in [6, 6.07) is 3.61. The Morgan fingerprint density at radius 1 is 1.26 bits per heavy atom. The van der Waals surface area contributed by atoms with Gasteiger partial charge in [0, 0.05) is 24.4 Å². The third-order valence-corrected chi connectivity index (χ3v) is 5.81. The van der Waals surface area contributed by atoms with Crippen molar-refractivity contribution in [3.8, 4) is 11.6 Å². The van der Waals surface area contributed by atoms with Gasteiger partial charge in [-0.1, -0.05) is 0 Å². The van der Waals surface area contributed by atoms with Crippen LogP contribution in [-0.2, 0) is 11.3 Å². The number of carbonyl (C=O) groups is 1. The van der Waals surface area contributed by atoms with Gasteiger partial charge in [0.15, 0.2) is 5.82 Å². The smallest absolute Gasteiger partial charge is 0.410 e. The van der Waals surface area contributed by atoms with Crippen molar-refractivity contribution in [3.05, 3.63) is 40.7 Å². The van der Waals surface area contributed by atoms with Crippen LogP contribution >= 0.6 is 11.3 Å². The summed E-state index contributed by atoms with van der Waals surface area (Å²) in [4.78, 5) is 23.0. The van der Waals surface area contributed by atoms with Crippen molar-refractivity contribution in [2.45, 2.75) is 51.7 Å². The molecule has 0 saturated carbocycles. The molecule has 0 N–H and O–H groups in total. The van der Waals surface area contributed by atoms with E-state index < -0.39 is 5.60 Å². The summed E-state index contributed by atoms with van der Waals surface area (Å²) in [5.41, 5.74) is 0.417. The molecule has 3 aromatic heterocycles. The Hall–Kier alpha value is -3.08. The van der Waals surface area contributed by atoms with E-state index in [9.17, 15) is 4.79 Å². The van der Waals surface area contributed by atoms with Gasteiger partial charge in [0.05, 0.1) is 16.9 Å². The van der Waals surface area contributed by atoms with Gasteiger partial charge in [-0.3, -0.25) is 0 Å². The molecule has 1 fully saturated rings. The topological polar surface area (TPSA) is 108 Å². The zero-order valence-corrected chi connectivity index (χ0v) is 18.6. The van der Waals surface area contributed by atoms with Crippen molar-refractivity contribution in [2.75, 3.05) is 13.1 Å². The number of nitrogens with zero attached hydrogens (tertiary/aromatic N) is 7. The predicted octanol–water partition coefficient (Wildman–Crippen LogP) is 3.21. The number of piperidine rings is 1. The number of hydrogen-bond acceptors (Lipinski definition) is 9. The van der Waals surface area contributed by atoms with Crippen molar-refractivity contribution in [1.82, 2.24) is 35.1 Å². The van der Waals surface area contributed by atoms with Gasteiger partial charge in [0.2, 0.25) is 0 Å². The second-order valence-electron chi connectivity index (χ2n) is 8.31. The lowest BCUT2D eigenvalue weighted by molar-refractivity contribution is 0.0204. The molecule has 164 valence electrons. The molecule has 0 bridgehead atoms. The predicted molar refractivity (Wildman–Crippen MR) is 113 cm³/mol. The quantitative estimate of drug-likeness (QED) is 0.591. The zero-order chi connectivity index (χ0) is 21.8. The van der Waals surface area contributed by atoms with Gasteiger partial charge in [-0.05, 0) is 56.2 Å². The van der Waals surface area contributed by atoms with Crippen LogP contribution < -0.4 is 4.74 Å². The Labute approximate surface area is 184 Å². The second kappa shape index (κ2) is 8.96. The van der Waals surface area contributed by atoms with Crippen LogP contribution in [0.5, 0.6) is 5.75 Å². The highest BCUT2D eigenvalue weighted by atomic mass is 32.1. The minimum atomic E-state index is -0.471. The molecule has 0 aliphatic carbocycles. The van der Waals surface area contributed by atoms with Crippen LogP contribution in [0, 0.1) is 0 Å². The molecule has 1 aliphatic heterocycles. The number of ether oxygens (including phenoxy) is 2. The molecule has 4 heterocycles. The third-order valence-electron chi connectivity index (χ3n) is 4.76. The number of hydrogen-bond donors (Lipinski definition) is 0. The molecule has 3 aromatic rings. The molecule has 1 saturated heterocycles. The molecular formula is C20H25N7O3S. The number of aromatic nitrogens is 6. The first-order valence-electron chi connectivity index (χ1n) is 10.1. The lowest BCUT2D eigenvalue weighted by Gasteiger charge is -2.32. The van der Waals surface area contributed by atoms with Crippen LogP contribution in [0.3, 0.4) is 0 Å². The lowest BCUT2D eigenvalue weighted by atomic mass is 9.98. The Morgan fingerprint density at radius 2 is 2.06 bits per heavy atom. The van der Waals surface area contributed by atoms with Crippen molar-refractivity contribution in [1.29, 1.82) is 0 Å². The Morgan fingerprint density at radius 3 is 2.71 bits per heavy atom. The maximum atomic E-state index is 12.2. The van der Waals surface area contributed by atoms with Gasteiger partial charge in [-0.2, -0.15) is 4.68 Å². The molecular weight excluding hydrogens is 418 g/mol. The molecule has 10 nitrogen and oxygen atoms in total. The summed E-state index contributed by atoms with van der Waals surface area (Å²) in [5.74, 6) is 1.62. The molecule has 11 heteroatoms. The molecule has 0 unspecified atom stereocenters. The highest BCUT2D eigenvalue weighted by Gasteiger charge is 2.28. The van der Waals surface area contributed by atoms with Crippen molar-refractivity contribution in [2.24, 2.45) is 0 Å². The maximum absolute atomic E-state index is 12.2. The van der Waals surface area contributed by atoms with Gasteiger partial charge >= 0.3 is 6.09 Å². The standard InChI is InChI=1S/C20H25N7O3S/c1-20(2,3)30-19(28)26-8-6-14(7-9-26)18-23-15(12-31-18)11-29-16-4-5-17(21-10-16)27-13-22-24-25-27/h4-5,10,12-14H,6-9,11H2,1-3H3. The first-order valence-corrected chi connectivity index (χ1v) is 11.0. The van der Waals surface area contributed by atoms with E-state index in [4.69, 9.17) is 14.5 Å². The SMILES string of the molecule is CC(C)(C)OC(=O)N1CCC(c2nc(COc3ccc(-n4cnnn4)nc3)cs2)CC1. The Bertz CT molecular complexity index is 991. The van der Waals surface area contributed by atoms with Crippen LogP contribution in [0.2, 0.25) is 0 Å². The lowest BCUT2D eigenvalue weighted by Crippen LogP contribution is -2.41. The minimum absolute atomic E-state index is 0.237. The number of tetrazole rings is 1. The molecule has 0 radical (unpaired) electrons. The van der Waals surface area contributed by atoms with E-state index in [0.29, 0.717) is 37.2 Å². The number of likely N-dealkylation sites (tertiary alicyclic amines) is 1. The fourth-order valence-electron chi connectivity index (χ4n) is 3.23. The fourth-order valence-corrected chi connectivity index (χ4v) is 4.20. The van der Waals surface area contributed by atoms with Crippen molar-refractivity contribution >= 4 is 17.4 Å². The van der Waals surface area contributed by atoms with Crippen molar-refractivity contribution < 1.29 is 14.3 Å². The largest absolute Gasteiger partial charge is 0.486 e. The van der Waals surface area contributed by atoms with E-state index in [2.05, 4.69) is 20.5 Å². The van der Waals surface area contributed by atoms with Gasteiger partial charge in [0.25, 0.3) is 0 Å². The molecule has 31 heavy (non-hydrogen) atoms. The van der Waals surface area contributed by atoms with Crippen LogP contribution in [0.1, 0.15) is 50.2 Å². The van der Waals surface area contributed by atoms with E-state index >= 15 is 0 Å². The molecule has 0 spiro atoms. The number of thiazole rings is 1. The van der Waals surface area contributed by atoms with E-state index in [1.165, 1.54) is 11.0 Å². The van der Waals surface area contributed by atoms with Crippen LogP contribution in [0.4, 0.5) is 4.79 Å².